The summed E-state index contributed by atoms with van der Waals surface area (Å²) in [6.45, 7) is 6.95. The van der Waals surface area contributed by atoms with E-state index in [2.05, 4.69) is 18.6 Å². The molecule has 0 aromatic rings. The van der Waals surface area contributed by atoms with Crippen LogP contribution < -0.4 is 10.5 Å². The molecule has 5 nitrogen and oxygen atoms in total. The first-order chi connectivity index (χ1) is 8.26. The standard InChI is InChI=1S/C12H26N2O3S/c1-10(2)7-12(3,9-13)14-18(15,16)8-11-5-4-6-17-11/h10-11,14H,4-9,13H2,1-3H3. The van der Waals surface area contributed by atoms with Gasteiger partial charge in [-0.05, 0) is 32.1 Å². The van der Waals surface area contributed by atoms with Crippen LogP contribution in [-0.4, -0.2) is 39.0 Å². The largest absolute Gasteiger partial charge is 0.377 e. The highest BCUT2D eigenvalue weighted by Gasteiger charge is 2.31. The van der Waals surface area contributed by atoms with E-state index in [1.54, 1.807) is 0 Å². The molecular formula is C12H26N2O3S. The van der Waals surface area contributed by atoms with E-state index in [1.165, 1.54) is 0 Å². The Morgan fingerprint density at radius 1 is 1.50 bits per heavy atom. The first kappa shape index (κ1) is 15.9. The van der Waals surface area contributed by atoms with Crippen LogP contribution in [0.2, 0.25) is 0 Å². The maximum absolute atomic E-state index is 12.1. The van der Waals surface area contributed by atoms with E-state index in [-0.39, 0.29) is 11.9 Å². The zero-order valence-electron chi connectivity index (χ0n) is 11.6. The summed E-state index contributed by atoms with van der Waals surface area (Å²) in [4.78, 5) is 0. The van der Waals surface area contributed by atoms with E-state index in [0.29, 0.717) is 19.1 Å². The maximum atomic E-state index is 12.1. The summed E-state index contributed by atoms with van der Waals surface area (Å²) in [5, 5.41) is 0. The molecule has 0 spiro atoms. The first-order valence-electron chi connectivity index (χ1n) is 6.60. The van der Waals surface area contributed by atoms with Crippen LogP contribution in [0.4, 0.5) is 0 Å². The highest BCUT2D eigenvalue weighted by molar-refractivity contribution is 7.89. The number of hydrogen-bond donors (Lipinski definition) is 2. The minimum atomic E-state index is -3.34. The number of sulfonamides is 1. The number of hydrogen-bond acceptors (Lipinski definition) is 4. The molecule has 1 aliphatic heterocycles. The van der Waals surface area contributed by atoms with Gasteiger partial charge in [-0.15, -0.1) is 0 Å². The van der Waals surface area contributed by atoms with E-state index in [9.17, 15) is 8.42 Å². The lowest BCUT2D eigenvalue weighted by molar-refractivity contribution is 0.127. The van der Waals surface area contributed by atoms with Crippen LogP contribution in [0.5, 0.6) is 0 Å². The zero-order chi connectivity index (χ0) is 13.8. The quantitative estimate of drug-likeness (QED) is 0.723. The average molecular weight is 278 g/mol. The number of rotatable bonds is 7. The van der Waals surface area contributed by atoms with Gasteiger partial charge in [0.1, 0.15) is 0 Å². The van der Waals surface area contributed by atoms with Gasteiger partial charge >= 0.3 is 0 Å². The topological polar surface area (TPSA) is 81.4 Å². The third-order valence-corrected chi connectivity index (χ3v) is 4.75. The smallest absolute Gasteiger partial charge is 0.214 e. The Hall–Kier alpha value is -0.170. The predicted molar refractivity (Wildman–Crippen MR) is 72.8 cm³/mol. The molecule has 0 aromatic heterocycles. The Morgan fingerprint density at radius 3 is 2.61 bits per heavy atom. The molecule has 1 heterocycles. The predicted octanol–water partition coefficient (Wildman–Crippen LogP) is 0.848. The summed E-state index contributed by atoms with van der Waals surface area (Å²) in [5.41, 5.74) is 5.15. The molecule has 0 aliphatic carbocycles. The van der Waals surface area contributed by atoms with Crippen molar-refractivity contribution in [2.24, 2.45) is 11.7 Å². The van der Waals surface area contributed by atoms with E-state index in [0.717, 1.165) is 19.3 Å². The van der Waals surface area contributed by atoms with Gasteiger partial charge in [0.2, 0.25) is 10.0 Å². The molecule has 0 amide bonds. The van der Waals surface area contributed by atoms with Crippen molar-refractivity contribution < 1.29 is 13.2 Å². The van der Waals surface area contributed by atoms with Crippen LogP contribution in [0.25, 0.3) is 0 Å². The Morgan fingerprint density at radius 2 is 2.17 bits per heavy atom. The lowest BCUT2D eigenvalue weighted by Gasteiger charge is -2.31. The molecule has 2 atom stereocenters. The van der Waals surface area contributed by atoms with E-state index in [4.69, 9.17) is 10.5 Å². The third-order valence-electron chi connectivity index (χ3n) is 3.14. The lowest BCUT2D eigenvalue weighted by Crippen LogP contribution is -2.53. The molecular weight excluding hydrogens is 252 g/mol. The lowest BCUT2D eigenvalue weighted by atomic mass is 9.92. The van der Waals surface area contributed by atoms with Gasteiger partial charge in [0.05, 0.1) is 11.9 Å². The second kappa shape index (κ2) is 6.32. The van der Waals surface area contributed by atoms with E-state index < -0.39 is 15.6 Å². The molecule has 0 radical (unpaired) electrons. The molecule has 3 N–H and O–H groups in total. The van der Waals surface area contributed by atoms with Crippen molar-refractivity contribution in [2.45, 2.75) is 51.7 Å². The fourth-order valence-corrected chi connectivity index (χ4v) is 4.26. The molecule has 1 fully saturated rings. The summed E-state index contributed by atoms with van der Waals surface area (Å²) in [6, 6.07) is 0. The van der Waals surface area contributed by atoms with Gasteiger partial charge in [-0.3, -0.25) is 0 Å². The summed E-state index contributed by atoms with van der Waals surface area (Å²) in [7, 11) is -3.34. The molecule has 1 saturated heterocycles. The minimum absolute atomic E-state index is 0.0423. The highest BCUT2D eigenvalue weighted by Crippen LogP contribution is 2.19. The maximum Gasteiger partial charge on any atom is 0.214 e. The van der Waals surface area contributed by atoms with Gasteiger partial charge < -0.3 is 10.5 Å². The van der Waals surface area contributed by atoms with Crippen molar-refractivity contribution in [2.75, 3.05) is 18.9 Å². The van der Waals surface area contributed by atoms with Gasteiger partial charge in [-0.1, -0.05) is 13.8 Å². The Balaban J connectivity index is 2.61. The van der Waals surface area contributed by atoms with Crippen molar-refractivity contribution in [1.29, 1.82) is 0 Å². The van der Waals surface area contributed by atoms with Crippen LogP contribution in [0, 0.1) is 5.92 Å². The normalized spacial score (nSPS) is 24.4. The summed E-state index contributed by atoms with van der Waals surface area (Å²) < 4.78 is 32.3. The minimum Gasteiger partial charge on any atom is -0.377 e. The molecule has 2 unspecified atom stereocenters. The molecule has 18 heavy (non-hydrogen) atoms. The molecule has 1 rings (SSSR count). The number of nitrogens with two attached hydrogens (primary N) is 1. The van der Waals surface area contributed by atoms with Gasteiger partial charge in [0.25, 0.3) is 0 Å². The SMILES string of the molecule is CC(C)CC(C)(CN)NS(=O)(=O)CC1CCCO1. The van der Waals surface area contributed by atoms with E-state index >= 15 is 0 Å². The molecule has 0 aromatic carbocycles. The zero-order valence-corrected chi connectivity index (χ0v) is 12.4. The van der Waals surface area contributed by atoms with Crippen LogP contribution >= 0.6 is 0 Å². The van der Waals surface area contributed by atoms with Crippen molar-refractivity contribution >= 4 is 10.0 Å². The molecule has 0 saturated carbocycles. The van der Waals surface area contributed by atoms with Gasteiger partial charge in [0, 0.05) is 18.7 Å². The van der Waals surface area contributed by atoms with Gasteiger partial charge in [-0.2, -0.15) is 0 Å². The third kappa shape index (κ3) is 5.22. The van der Waals surface area contributed by atoms with Crippen molar-refractivity contribution in [3.8, 4) is 0 Å². The molecule has 0 bridgehead atoms. The van der Waals surface area contributed by atoms with Crippen LogP contribution in [0.3, 0.4) is 0 Å². The van der Waals surface area contributed by atoms with Crippen molar-refractivity contribution in [3.05, 3.63) is 0 Å². The van der Waals surface area contributed by atoms with Crippen LogP contribution in [0.15, 0.2) is 0 Å². The first-order valence-corrected chi connectivity index (χ1v) is 8.25. The van der Waals surface area contributed by atoms with Crippen LogP contribution in [0.1, 0.15) is 40.0 Å². The molecule has 108 valence electrons. The Labute approximate surface area is 111 Å². The number of nitrogens with one attached hydrogen (secondary N) is 1. The van der Waals surface area contributed by atoms with Crippen molar-refractivity contribution in [3.63, 3.8) is 0 Å². The Kier molecular flexibility index (Phi) is 5.58. The second-order valence-corrected chi connectivity index (χ2v) is 7.65. The fraction of sp³-hybridized carbons (Fsp3) is 1.00. The highest BCUT2D eigenvalue weighted by atomic mass is 32.2. The molecule has 6 heteroatoms. The fourth-order valence-electron chi connectivity index (χ4n) is 2.51. The Bertz CT molecular complexity index is 350. The second-order valence-electron chi connectivity index (χ2n) is 5.88. The number of ether oxygens (including phenoxy) is 1. The molecule has 1 aliphatic rings. The summed E-state index contributed by atoms with van der Waals surface area (Å²) >= 11 is 0. The van der Waals surface area contributed by atoms with Gasteiger partial charge in [0.15, 0.2) is 0 Å². The average Bonchev–Trinajstić information content (AvgIpc) is 2.67. The van der Waals surface area contributed by atoms with Gasteiger partial charge in [-0.25, -0.2) is 13.1 Å². The summed E-state index contributed by atoms with van der Waals surface area (Å²) in [6.07, 6.45) is 2.34. The van der Waals surface area contributed by atoms with Crippen LogP contribution in [-0.2, 0) is 14.8 Å². The van der Waals surface area contributed by atoms with E-state index in [1.807, 2.05) is 6.92 Å². The van der Waals surface area contributed by atoms with Crippen molar-refractivity contribution in [1.82, 2.24) is 4.72 Å². The summed E-state index contributed by atoms with van der Waals surface area (Å²) in [5.74, 6) is 0.435. The monoisotopic (exact) mass is 278 g/mol.